The maximum absolute atomic E-state index is 12.9. The predicted molar refractivity (Wildman–Crippen MR) is 94.5 cm³/mol. The van der Waals surface area contributed by atoms with Gasteiger partial charge in [-0.25, -0.2) is 0 Å². The van der Waals surface area contributed by atoms with Crippen LogP contribution in [0, 0.1) is 11.8 Å². The van der Waals surface area contributed by atoms with Gasteiger partial charge in [0.2, 0.25) is 17.6 Å². The fourth-order valence-corrected chi connectivity index (χ4v) is 2.60. The van der Waals surface area contributed by atoms with Crippen LogP contribution in [-0.2, 0) is 11.0 Å². The van der Waals surface area contributed by atoms with Gasteiger partial charge in [0.1, 0.15) is 6.04 Å². The molecule has 0 aliphatic rings. The lowest BCUT2D eigenvalue weighted by Crippen LogP contribution is -2.33. The summed E-state index contributed by atoms with van der Waals surface area (Å²) in [6, 6.07) is 4.25. The van der Waals surface area contributed by atoms with E-state index >= 15 is 0 Å². The van der Waals surface area contributed by atoms with E-state index in [4.69, 9.17) is 4.52 Å². The minimum absolute atomic E-state index is 0.0240. The third kappa shape index (κ3) is 5.55. The Morgan fingerprint density at radius 1 is 1.26 bits per heavy atom. The van der Waals surface area contributed by atoms with E-state index in [1.165, 1.54) is 12.1 Å². The van der Waals surface area contributed by atoms with Crippen LogP contribution in [0.4, 0.5) is 13.2 Å². The third-order valence-corrected chi connectivity index (χ3v) is 4.28. The number of aromatic nitrogens is 2. The van der Waals surface area contributed by atoms with Crippen molar-refractivity contribution in [3.63, 3.8) is 0 Å². The van der Waals surface area contributed by atoms with Crippen molar-refractivity contribution in [2.45, 2.75) is 52.8 Å². The van der Waals surface area contributed by atoms with Crippen molar-refractivity contribution in [3.05, 3.63) is 35.7 Å². The average Bonchev–Trinajstić information content (AvgIpc) is 3.07. The molecule has 0 aliphatic carbocycles. The van der Waals surface area contributed by atoms with Crippen molar-refractivity contribution >= 4 is 5.91 Å². The first-order valence-corrected chi connectivity index (χ1v) is 8.92. The van der Waals surface area contributed by atoms with Gasteiger partial charge in [-0.15, -0.1) is 0 Å². The lowest BCUT2D eigenvalue weighted by atomic mass is 9.98. The molecule has 5 nitrogen and oxygen atoms in total. The molecular formula is C19H24F3N3O2. The quantitative estimate of drug-likeness (QED) is 0.730. The molecule has 2 unspecified atom stereocenters. The molecule has 1 aromatic heterocycles. The summed E-state index contributed by atoms with van der Waals surface area (Å²) in [5.74, 6) is 0.340. The molecule has 0 spiro atoms. The number of nitrogens with zero attached hydrogens (tertiary/aromatic N) is 2. The summed E-state index contributed by atoms with van der Waals surface area (Å²) in [7, 11) is 0. The Morgan fingerprint density at radius 2 is 1.96 bits per heavy atom. The molecule has 0 radical (unpaired) electrons. The highest BCUT2D eigenvalue weighted by Crippen LogP contribution is 2.32. The topological polar surface area (TPSA) is 68.0 Å². The number of nitrogens with one attached hydrogen (secondary N) is 1. The molecule has 2 rings (SSSR count). The molecule has 8 heteroatoms. The van der Waals surface area contributed by atoms with Crippen LogP contribution in [0.15, 0.2) is 28.8 Å². The first-order chi connectivity index (χ1) is 12.6. The van der Waals surface area contributed by atoms with Gasteiger partial charge in [0.05, 0.1) is 5.56 Å². The monoisotopic (exact) mass is 383 g/mol. The highest BCUT2D eigenvalue weighted by molar-refractivity contribution is 5.76. The van der Waals surface area contributed by atoms with Crippen LogP contribution in [-0.4, -0.2) is 16.0 Å². The number of amides is 1. The van der Waals surface area contributed by atoms with Gasteiger partial charge < -0.3 is 9.84 Å². The van der Waals surface area contributed by atoms with Crippen LogP contribution in [0.1, 0.15) is 58.0 Å². The molecule has 148 valence electrons. The molecule has 2 aromatic rings. The fraction of sp³-hybridized carbons (Fsp3) is 0.526. The van der Waals surface area contributed by atoms with Crippen LogP contribution in [0.25, 0.3) is 11.4 Å². The van der Waals surface area contributed by atoms with Gasteiger partial charge in [-0.05, 0) is 24.0 Å². The zero-order valence-electron chi connectivity index (χ0n) is 15.8. The Kier molecular flexibility index (Phi) is 6.62. The summed E-state index contributed by atoms with van der Waals surface area (Å²) in [6.07, 6.45) is -3.33. The van der Waals surface area contributed by atoms with Crippen LogP contribution in [0.3, 0.4) is 0 Å². The maximum Gasteiger partial charge on any atom is 0.416 e. The van der Waals surface area contributed by atoms with Crippen molar-refractivity contribution in [3.8, 4) is 11.4 Å². The number of hydrogen-bond donors (Lipinski definition) is 1. The van der Waals surface area contributed by atoms with Gasteiger partial charge in [0.15, 0.2) is 0 Å². The summed E-state index contributed by atoms with van der Waals surface area (Å²) < 4.78 is 44.0. The molecular weight excluding hydrogens is 359 g/mol. The zero-order valence-corrected chi connectivity index (χ0v) is 15.8. The number of halogens is 3. The van der Waals surface area contributed by atoms with E-state index in [-0.39, 0.29) is 35.0 Å². The van der Waals surface area contributed by atoms with Crippen LogP contribution in [0.5, 0.6) is 0 Å². The summed E-state index contributed by atoms with van der Waals surface area (Å²) in [5.41, 5.74) is -0.578. The Hall–Kier alpha value is -2.38. The van der Waals surface area contributed by atoms with E-state index in [0.29, 0.717) is 6.42 Å². The van der Waals surface area contributed by atoms with E-state index in [2.05, 4.69) is 15.5 Å². The molecule has 1 N–H and O–H groups in total. The summed E-state index contributed by atoms with van der Waals surface area (Å²) >= 11 is 0. The van der Waals surface area contributed by atoms with Crippen LogP contribution < -0.4 is 5.32 Å². The Bertz CT molecular complexity index is 772. The normalized spacial score (nSPS) is 14.2. The third-order valence-electron chi connectivity index (χ3n) is 4.28. The van der Waals surface area contributed by atoms with Gasteiger partial charge in [0, 0.05) is 12.0 Å². The zero-order chi connectivity index (χ0) is 20.2. The number of carbonyl (C=O) groups excluding carboxylic acids is 1. The molecule has 27 heavy (non-hydrogen) atoms. The van der Waals surface area contributed by atoms with Gasteiger partial charge >= 0.3 is 6.18 Å². The van der Waals surface area contributed by atoms with E-state index in [1.54, 1.807) is 0 Å². The number of benzene rings is 1. The van der Waals surface area contributed by atoms with Crippen molar-refractivity contribution in [2.75, 3.05) is 0 Å². The second kappa shape index (κ2) is 8.54. The minimum atomic E-state index is -4.45. The van der Waals surface area contributed by atoms with E-state index in [9.17, 15) is 18.0 Å². The molecule has 0 fully saturated rings. The molecule has 1 amide bonds. The molecule has 2 atom stereocenters. The molecule has 0 bridgehead atoms. The van der Waals surface area contributed by atoms with Crippen molar-refractivity contribution in [1.29, 1.82) is 0 Å². The molecule has 1 aromatic carbocycles. The molecule has 0 aliphatic heterocycles. The van der Waals surface area contributed by atoms with E-state index < -0.39 is 17.8 Å². The Balaban J connectivity index is 2.28. The molecule has 1 heterocycles. The second-order valence-electron chi connectivity index (χ2n) is 7.06. The first-order valence-electron chi connectivity index (χ1n) is 8.92. The van der Waals surface area contributed by atoms with Gasteiger partial charge in [0.25, 0.3) is 0 Å². The summed E-state index contributed by atoms with van der Waals surface area (Å²) in [4.78, 5) is 16.4. The highest BCUT2D eigenvalue weighted by atomic mass is 19.4. The number of carbonyl (C=O) groups is 1. The summed E-state index contributed by atoms with van der Waals surface area (Å²) in [5, 5.41) is 6.71. The minimum Gasteiger partial charge on any atom is -0.344 e. The first kappa shape index (κ1) is 20.9. The Morgan fingerprint density at radius 3 is 2.56 bits per heavy atom. The standard InChI is InChI=1S/C19H24F3N3O2/c1-5-12(4)16(23-15(26)9-11(2)3)18-24-17(25-27-18)13-7-6-8-14(10-13)19(20,21)22/h6-8,10-12,16H,5,9H2,1-4H3,(H,23,26). The van der Waals surface area contributed by atoms with E-state index in [0.717, 1.165) is 18.6 Å². The van der Waals surface area contributed by atoms with Gasteiger partial charge in [-0.1, -0.05) is 51.4 Å². The average molecular weight is 383 g/mol. The molecule has 0 saturated carbocycles. The second-order valence-corrected chi connectivity index (χ2v) is 7.06. The number of rotatable bonds is 7. The van der Waals surface area contributed by atoms with Crippen molar-refractivity contribution in [2.24, 2.45) is 11.8 Å². The van der Waals surface area contributed by atoms with Crippen molar-refractivity contribution in [1.82, 2.24) is 15.5 Å². The highest BCUT2D eigenvalue weighted by Gasteiger charge is 2.31. The maximum atomic E-state index is 12.9. The largest absolute Gasteiger partial charge is 0.416 e. The number of alkyl halides is 3. The van der Waals surface area contributed by atoms with Crippen LogP contribution in [0.2, 0.25) is 0 Å². The smallest absolute Gasteiger partial charge is 0.344 e. The lowest BCUT2D eigenvalue weighted by Gasteiger charge is -2.21. The van der Waals surface area contributed by atoms with E-state index in [1.807, 2.05) is 27.7 Å². The lowest BCUT2D eigenvalue weighted by molar-refractivity contribution is -0.137. The predicted octanol–water partition coefficient (Wildman–Crippen LogP) is 5.00. The summed E-state index contributed by atoms with van der Waals surface area (Å²) in [6.45, 7) is 7.79. The van der Waals surface area contributed by atoms with Gasteiger partial charge in [-0.2, -0.15) is 18.2 Å². The van der Waals surface area contributed by atoms with Crippen LogP contribution >= 0.6 is 0 Å². The molecule has 0 saturated heterocycles. The fourth-order valence-electron chi connectivity index (χ4n) is 2.60. The SMILES string of the molecule is CCC(C)C(NC(=O)CC(C)C)c1nc(-c2cccc(C(F)(F)F)c2)no1. The van der Waals surface area contributed by atoms with Gasteiger partial charge in [-0.3, -0.25) is 4.79 Å². The number of hydrogen-bond acceptors (Lipinski definition) is 4. The Labute approximate surface area is 156 Å². The van der Waals surface area contributed by atoms with Crippen molar-refractivity contribution < 1.29 is 22.5 Å².